The first-order valence-corrected chi connectivity index (χ1v) is 8.75. The second-order valence-electron chi connectivity index (χ2n) is 7.04. The Kier molecular flexibility index (Phi) is 4.62. The van der Waals surface area contributed by atoms with Crippen molar-refractivity contribution < 1.29 is 0 Å². The Labute approximate surface area is 146 Å². The molecule has 1 heteroatoms. The zero-order valence-electron chi connectivity index (χ0n) is 15.4. The zero-order valence-corrected chi connectivity index (χ0v) is 15.4. The third-order valence-corrected chi connectivity index (χ3v) is 4.99. The molecule has 0 saturated heterocycles. The van der Waals surface area contributed by atoms with Crippen LogP contribution in [0.2, 0.25) is 0 Å². The van der Waals surface area contributed by atoms with Gasteiger partial charge >= 0.3 is 0 Å². The van der Waals surface area contributed by atoms with Crippen LogP contribution in [0, 0.1) is 20.8 Å². The average Bonchev–Trinajstić information content (AvgIpc) is 2.96. The van der Waals surface area contributed by atoms with Crippen LogP contribution in [0.25, 0.3) is 0 Å². The number of rotatable bonds is 4. The number of nitrogens with one attached hydrogen (secondary N) is 1. The second kappa shape index (κ2) is 6.68. The molecule has 1 aliphatic rings. The smallest absolute Gasteiger partial charge is 0.0488 e. The molecular formula is C23H27N. The molecule has 3 rings (SSSR count). The van der Waals surface area contributed by atoms with E-state index in [0.717, 1.165) is 0 Å². The largest absolute Gasteiger partial charge is 0.378 e. The fourth-order valence-corrected chi connectivity index (χ4v) is 3.81. The van der Waals surface area contributed by atoms with Crippen LogP contribution >= 0.6 is 0 Å². The van der Waals surface area contributed by atoms with Crippen LogP contribution in [0.3, 0.4) is 0 Å². The Hall–Kier alpha value is -2.28. The summed E-state index contributed by atoms with van der Waals surface area (Å²) in [5.41, 5.74) is 9.40. The maximum atomic E-state index is 3.76. The van der Waals surface area contributed by atoms with Gasteiger partial charge in [-0.3, -0.25) is 0 Å². The lowest BCUT2D eigenvalue weighted by molar-refractivity contribution is 0.843. The average molecular weight is 317 g/mol. The molecule has 2 unspecified atom stereocenters. The molecule has 2 atom stereocenters. The summed E-state index contributed by atoms with van der Waals surface area (Å²) in [6.07, 6.45) is 6.68. The highest BCUT2D eigenvalue weighted by atomic mass is 14.9. The minimum atomic E-state index is 0.267. The summed E-state index contributed by atoms with van der Waals surface area (Å²) in [5.74, 6) is 0.408. The lowest BCUT2D eigenvalue weighted by Crippen LogP contribution is -2.12. The van der Waals surface area contributed by atoms with E-state index < -0.39 is 0 Å². The number of benzene rings is 2. The first-order valence-electron chi connectivity index (χ1n) is 8.75. The van der Waals surface area contributed by atoms with E-state index >= 15 is 0 Å². The van der Waals surface area contributed by atoms with Crippen LogP contribution in [0.4, 0.5) is 5.69 Å². The Morgan fingerprint density at radius 1 is 0.958 bits per heavy atom. The summed E-state index contributed by atoms with van der Waals surface area (Å²) < 4.78 is 0. The van der Waals surface area contributed by atoms with Crippen molar-refractivity contribution in [3.8, 4) is 0 Å². The van der Waals surface area contributed by atoms with Crippen molar-refractivity contribution >= 4 is 5.69 Å². The van der Waals surface area contributed by atoms with Crippen molar-refractivity contribution in [2.24, 2.45) is 0 Å². The quantitative estimate of drug-likeness (QED) is 0.689. The van der Waals surface area contributed by atoms with Gasteiger partial charge in [-0.15, -0.1) is 0 Å². The Morgan fingerprint density at radius 2 is 1.62 bits per heavy atom. The molecular weight excluding hydrogens is 290 g/mol. The molecule has 0 amide bonds. The van der Waals surface area contributed by atoms with Gasteiger partial charge < -0.3 is 5.32 Å². The van der Waals surface area contributed by atoms with Crippen molar-refractivity contribution in [2.45, 2.75) is 46.6 Å². The van der Waals surface area contributed by atoms with Gasteiger partial charge in [0.1, 0.15) is 0 Å². The predicted octanol–water partition coefficient (Wildman–Crippen LogP) is 6.38. The molecule has 2 aromatic rings. The van der Waals surface area contributed by atoms with E-state index in [0.29, 0.717) is 5.92 Å². The van der Waals surface area contributed by atoms with E-state index in [9.17, 15) is 0 Å². The van der Waals surface area contributed by atoms with E-state index in [1.54, 1.807) is 0 Å². The Bertz CT molecular complexity index is 788. The lowest BCUT2D eigenvalue weighted by atomic mass is 9.88. The van der Waals surface area contributed by atoms with Crippen LogP contribution in [0.1, 0.15) is 53.6 Å². The maximum absolute atomic E-state index is 3.76. The van der Waals surface area contributed by atoms with Crippen LogP contribution in [0.5, 0.6) is 0 Å². The van der Waals surface area contributed by atoms with Gasteiger partial charge in [0.05, 0.1) is 0 Å². The van der Waals surface area contributed by atoms with E-state index in [1.165, 1.54) is 39.1 Å². The van der Waals surface area contributed by atoms with Gasteiger partial charge in [-0.1, -0.05) is 65.8 Å². The number of hydrogen-bond acceptors (Lipinski definition) is 1. The minimum Gasteiger partial charge on any atom is -0.378 e. The Morgan fingerprint density at radius 3 is 2.25 bits per heavy atom. The van der Waals surface area contributed by atoms with Gasteiger partial charge in [0.25, 0.3) is 0 Å². The molecule has 0 aromatic heterocycles. The maximum Gasteiger partial charge on any atom is 0.0488 e. The highest BCUT2D eigenvalue weighted by Gasteiger charge is 2.20. The van der Waals surface area contributed by atoms with Gasteiger partial charge in [0.2, 0.25) is 0 Å². The molecule has 1 N–H and O–H groups in total. The standard InChI is InChI=1S/C23H27N/c1-15-13-17(3)23(18(4)14-15)24-19(5)21-10-6-7-11-22(21)20-12-8-9-16(20)2/h6-14,19-20,24H,1-5H3. The fourth-order valence-electron chi connectivity index (χ4n) is 3.81. The van der Waals surface area contributed by atoms with E-state index in [1.807, 2.05) is 0 Å². The summed E-state index contributed by atoms with van der Waals surface area (Å²) >= 11 is 0. The molecule has 0 saturated carbocycles. The molecule has 0 bridgehead atoms. The SMILES string of the molecule is CC1=CC=CC1c1ccccc1C(C)Nc1c(C)cc(C)cc1C. The van der Waals surface area contributed by atoms with Gasteiger partial charge in [0.15, 0.2) is 0 Å². The van der Waals surface area contributed by atoms with Crippen molar-refractivity contribution in [1.82, 2.24) is 0 Å². The molecule has 0 heterocycles. The van der Waals surface area contributed by atoms with Crippen molar-refractivity contribution in [1.29, 1.82) is 0 Å². The van der Waals surface area contributed by atoms with E-state index in [4.69, 9.17) is 0 Å². The highest BCUT2D eigenvalue weighted by Crippen LogP contribution is 2.36. The summed E-state index contributed by atoms with van der Waals surface area (Å²) in [7, 11) is 0. The van der Waals surface area contributed by atoms with Crippen LogP contribution in [-0.2, 0) is 0 Å². The van der Waals surface area contributed by atoms with E-state index in [2.05, 4.69) is 94.6 Å². The highest BCUT2D eigenvalue weighted by molar-refractivity contribution is 5.60. The van der Waals surface area contributed by atoms with Crippen molar-refractivity contribution in [2.75, 3.05) is 5.32 Å². The summed E-state index contributed by atoms with van der Waals surface area (Å²) in [6, 6.07) is 13.6. The van der Waals surface area contributed by atoms with Gasteiger partial charge in [-0.25, -0.2) is 0 Å². The number of anilines is 1. The molecule has 24 heavy (non-hydrogen) atoms. The zero-order chi connectivity index (χ0) is 17.3. The van der Waals surface area contributed by atoms with Crippen molar-refractivity contribution in [3.63, 3.8) is 0 Å². The number of aryl methyl sites for hydroxylation is 3. The third kappa shape index (κ3) is 3.17. The van der Waals surface area contributed by atoms with Gasteiger partial charge in [-0.05, 0) is 56.9 Å². The molecule has 1 nitrogen and oxygen atoms in total. The number of allylic oxidation sites excluding steroid dienone is 4. The number of hydrogen-bond donors (Lipinski definition) is 1. The topological polar surface area (TPSA) is 12.0 Å². The van der Waals surface area contributed by atoms with E-state index in [-0.39, 0.29) is 6.04 Å². The molecule has 2 aromatic carbocycles. The van der Waals surface area contributed by atoms with Crippen LogP contribution in [0.15, 0.2) is 60.2 Å². The van der Waals surface area contributed by atoms with Gasteiger partial charge in [0, 0.05) is 17.6 Å². The summed E-state index contributed by atoms with van der Waals surface area (Å²) in [6.45, 7) is 11.0. The minimum absolute atomic E-state index is 0.267. The molecule has 0 aliphatic heterocycles. The molecule has 1 aliphatic carbocycles. The predicted molar refractivity (Wildman–Crippen MR) is 105 cm³/mol. The first-order chi connectivity index (χ1) is 11.5. The monoisotopic (exact) mass is 317 g/mol. The molecule has 0 spiro atoms. The van der Waals surface area contributed by atoms with Crippen molar-refractivity contribution in [3.05, 3.63) is 88.0 Å². The van der Waals surface area contributed by atoms with Crippen LogP contribution < -0.4 is 5.32 Å². The second-order valence-corrected chi connectivity index (χ2v) is 7.04. The van der Waals surface area contributed by atoms with Crippen LogP contribution in [-0.4, -0.2) is 0 Å². The third-order valence-electron chi connectivity index (χ3n) is 4.99. The molecule has 124 valence electrons. The lowest BCUT2D eigenvalue weighted by Gasteiger charge is -2.24. The van der Waals surface area contributed by atoms with Gasteiger partial charge in [-0.2, -0.15) is 0 Å². The molecule has 0 fully saturated rings. The summed E-state index contributed by atoms with van der Waals surface area (Å²) in [4.78, 5) is 0. The first kappa shape index (κ1) is 16.6. The Balaban J connectivity index is 1.93. The normalized spacial score (nSPS) is 17.7. The fraction of sp³-hybridized carbons (Fsp3) is 0.304. The molecule has 0 radical (unpaired) electrons. The summed E-state index contributed by atoms with van der Waals surface area (Å²) in [5, 5.41) is 3.76.